The number of aromatic nitrogens is 2. The molecular weight excluding hydrogens is 272 g/mol. The van der Waals surface area contributed by atoms with Crippen molar-refractivity contribution in [2.75, 3.05) is 32.1 Å². The van der Waals surface area contributed by atoms with Gasteiger partial charge in [-0.3, -0.25) is 9.89 Å². The fourth-order valence-corrected chi connectivity index (χ4v) is 4.19. The zero-order chi connectivity index (χ0) is 14.2. The van der Waals surface area contributed by atoms with Crippen LogP contribution in [0.1, 0.15) is 41.4 Å². The van der Waals surface area contributed by atoms with Crippen LogP contribution in [0.15, 0.2) is 6.07 Å². The Hall–Kier alpha value is -1.01. The first-order chi connectivity index (χ1) is 9.61. The maximum atomic E-state index is 12.2. The largest absolute Gasteiger partial charge is 0.349 e. The van der Waals surface area contributed by atoms with Crippen LogP contribution in [0.2, 0.25) is 0 Å². The van der Waals surface area contributed by atoms with E-state index in [0.717, 1.165) is 17.9 Å². The molecule has 20 heavy (non-hydrogen) atoms. The molecule has 0 spiro atoms. The van der Waals surface area contributed by atoms with Gasteiger partial charge in [0.15, 0.2) is 0 Å². The maximum Gasteiger partial charge on any atom is 0.271 e. The number of nitrogens with zero attached hydrogens (tertiary/aromatic N) is 2. The fourth-order valence-electron chi connectivity index (χ4n) is 2.64. The summed E-state index contributed by atoms with van der Waals surface area (Å²) in [4.78, 5) is 14.4. The van der Waals surface area contributed by atoms with Gasteiger partial charge in [0.1, 0.15) is 5.69 Å². The van der Waals surface area contributed by atoms with Gasteiger partial charge in [-0.05, 0) is 45.2 Å². The van der Waals surface area contributed by atoms with E-state index in [0.29, 0.717) is 18.2 Å². The lowest BCUT2D eigenvalue weighted by Crippen LogP contribution is -2.53. The van der Waals surface area contributed by atoms with Crippen LogP contribution >= 0.6 is 11.8 Å². The minimum absolute atomic E-state index is 0.0636. The Balaban J connectivity index is 1.60. The summed E-state index contributed by atoms with van der Waals surface area (Å²) in [5, 5.41) is 10.2. The van der Waals surface area contributed by atoms with E-state index < -0.39 is 0 Å². The summed E-state index contributed by atoms with van der Waals surface area (Å²) in [7, 11) is 4.19. The van der Waals surface area contributed by atoms with Crippen LogP contribution in [0.25, 0.3) is 0 Å². The summed E-state index contributed by atoms with van der Waals surface area (Å²) >= 11 is 1.96. The van der Waals surface area contributed by atoms with Crippen molar-refractivity contribution in [3.8, 4) is 0 Å². The van der Waals surface area contributed by atoms with Crippen LogP contribution in [0.3, 0.4) is 0 Å². The lowest BCUT2D eigenvalue weighted by atomic mass is 9.97. The number of thioether (sulfide) groups is 1. The number of H-pyrrole nitrogens is 1. The second kappa shape index (κ2) is 5.41. The molecular formula is C14H22N4OS. The molecule has 6 heteroatoms. The number of hydrogen-bond donors (Lipinski definition) is 2. The minimum Gasteiger partial charge on any atom is -0.349 e. The van der Waals surface area contributed by atoms with Crippen LogP contribution in [0, 0.1) is 0 Å². The number of likely N-dealkylation sites (N-methyl/N-ethyl adjacent to an activating group) is 1. The Morgan fingerprint density at radius 2 is 2.40 bits per heavy atom. The molecule has 2 N–H and O–H groups in total. The molecule has 2 aliphatic rings. The van der Waals surface area contributed by atoms with Crippen LogP contribution in [0.4, 0.5) is 0 Å². The molecule has 1 saturated heterocycles. The third-order valence-electron chi connectivity index (χ3n) is 4.46. The number of amides is 1. The molecule has 1 unspecified atom stereocenters. The van der Waals surface area contributed by atoms with Crippen molar-refractivity contribution in [2.24, 2.45) is 0 Å². The summed E-state index contributed by atoms with van der Waals surface area (Å²) in [6, 6.07) is 1.90. The number of hydrogen-bond acceptors (Lipinski definition) is 4. The molecule has 3 rings (SSSR count). The molecule has 0 bridgehead atoms. The monoisotopic (exact) mass is 294 g/mol. The summed E-state index contributed by atoms with van der Waals surface area (Å²) in [6.07, 6.45) is 3.55. The topological polar surface area (TPSA) is 61.0 Å². The van der Waals surface area contributed by atoms with Gasteiger partial charge in [-0.1, -0.05) is 0 Å². The molecule has 1 atom stereocenters. The number of aromatic amines is 1. The van der Waals surface area contributed by atoms with E-state index in [1.165, 1.54) is 18.6 Å². The first kappa shape index (κ1) is 13.9. The molecule has 5 nitrogen and oxygen atoms in total. The van der Waals surface area contributed by atoms with Crippen LogP contribution in [-0.4, -0.2) is 58.7 Å². The second-order valence-electron chi connectivity index (χ2n) is 6.09. The van der Waals surface area contributed by atoms with Crippen LogP contribution in [-0.2, 0) is 0 Å². The Labute approximate surface area is 123 Å². The average Bonchev–Trinajstić information content (AvgIpc) is 2.98. The highest BCUT2D eigenvalue weighted by Crippen LogP contribution is 2.39. The molecule has 0 aromatic carbocycles. The van der Waals surface area contributed by atoms with E-state index in [2.05, 4.69) is 34.5 Å². The SMILES string of the molecule is CN(C)C1(CNC(=O)c2cc(C3CC3)[nH]n2)CCSC1. The van der Waals surface area contributed by atoms with Gasteiger partial charge in [0, 0.05) is 29.4 Å². The molecule has 1 aromatic heterocycles. The Bertz CT molecular complexity index is 489. The summed E-state index contributed by atoms with van der Waals surface area (Å²) in [6.45, 7) is 0.692. The van der Waals surface area contributed by atoms with Crippen molar-refractivity contribution in [1.29, 1.82) is 0 Å². The predicted octanol–water partition coefficient (Wildman–Crippen LogP) is 1.45. The quantitative estimate of drug-likeness (QED) is 0.863. The molecule has 1 amide bonds. The summed E-state index contributed by atoms with van der Waals surface area (Å²) in [5.41, 5.74) is 1.72. The van der Waals surface area contributed by atoms with Crippen molar-refractivity contribution >= 4 is 17.7 Å². The Morgan fingerprint density at radius 3 is 3.00 bits per heavy atom. The van der Waals surface area contributed by atoms with E-state index >= 15 is 0 Å². The number of carbonyl (C=O) groups is 1. The lowest BCUT2D eigenvalue weighted by molar-refractivity contribution is 0.0909. The van der Waals surface area contributed by atoms with Crippen molar-refractivity contribution in [2.45, 2.75) is 30.7 Å². The van der Waals surface area contributed by atoms with Crippen molar-refractivity contribution in [3.63, 3.8) is 0 Å². The molecule has 0 radical (unpaired) electrons. The molecule has 110 valence electrons. The molecule has 1 aromatic rings. The van der Waals surface area contributed by atoms with Crippen molar-refractivity contribution in [1.82, 2.24) is 20.4 Å². The van der Waals surface area contributed by atoms with Crippen molar-refractivity contribution in [3.05, 3.63) is 17.5 Å². The lowest BCUT2D eigenvalue weighted by Gasteiger charge is -2.35. The van der Waals surface area contributed by atoms with E-state index in [-0.39, 0.29) is 11.4 Å². The third-order valence-corrected chi connectivity index (χ3v) is 5.69. The maximum absolute atomic E-state index is 12.2. The van der Waals surface area contributed by atoms with Gasteiger partial charge in [0.25, 0.3) is 5.91 Å². The van der Waals surface area contributed by atoms with E-state index in [1.54, 1.807) is 0 Å². The Kier molecular flexibility index (Phi) is 3.77. The Morgan fingerprint density at radius 1 is 1.60 bits per heavy atom. The highest BCUT2D eigenvalue weighted by atomic mass is 32.2. The van der Waals surface area contributed by atoms with Gasteiger partial charge in [-0.15, -0.1) is 0 Å². The highest BCUT2D eigenvalue weighted by molar-refractivity contribution is 7.99. The highest BCUT2D eigenvalue weighted by Gasteiger charge is 2.37. The van der Waals surface area contributed by atoms with Crippen molar-refractivity contribution < 1.29 is 4.79 Å². The van der Waals surface area contributed by atoms with Gasteiger partial charge in [0.2, 0.25) is 0 Å². The van der Waals surface area contributed by atoms with Crippen LogP contribution < -0.4 is 5.32 Å². The molecule has 1 saturated carbocycles. The number of nitrogens with one attached hydrogen (secondary N) is 2. The number of rotatable bonds is 5. The van der Waals surface area contributed by atoms with Gasteiger partial charge in [-0.2, -0.15) is 16.9 Å². The average molecular weight is 294 g/mol. The zero-order valence-electron chi connectivity index (χ0n) is 12.1. The molecule has 1 aliphatic carbocycles. The van der Waals surface area contributed by atoms with Gasteiger partial charge in [0.05, 0.1) is 0 Å². The van der Waals surface area contributed by atoms with Gasteiger partial charge in [-0.25, -0.2) is 0 Å². The summed E-state index contributed by atoms with van der Waals surface area (Å²) < 4.78 is 0. The van der Waals surface area contributed by atoms with Crippen LogP contribution in [0.5, 0.6) is 0 Å². The predicted molar refractivity (Wildman–Crippen MR) is 81.3 cm³/mol. The molecule has 2 fully saturated rings. The van der Waals surface area contributed by atoms with Gasteiger partial charge < -0.3 is 10.2 Å². The standard InChI is InChI=1S/C14H22N4OS/c1-18(2)14(5-6-20-9-14)8-15-13(19)12-7-11(16-17-12)10-3-4-10/h7,10H,3-6,8-9H2,1-2H3,(H,15,19)(H,16,17). The molecule has 2 heterocycles. The first-order valence-electron chi connectivity index (χ1n) is 7.19. The van der Waals surface area contributed by atoms with E-state index in [1.807, 2.05) is 17.8 Å². The number of carbonyl (C=O) groups excluding carboxylic acids is 1. The molecule has 1 aliphatic heterocycles. The van der Waals surface area contributed by atoms with Gasteiger partial charge >= 0.3 is 0 Å². The zero-order valence-corrected chi connectivity index (χ0v) is 12.9. The first-order valence-corrected chi connectivity index (χ1v) is 8.35. The summed E-state index contributed by atoms with van der Waals surface area (Å²) in [5.74, 6) is 2.78. The van der Waals surface area contributed by atoms with E-state index in [9.17, 15) is 4.79 Å². The third kappa shape index (κ3) is 2.72. The fraction of sp³-hybridized carbons (Fsp3) is 0.714. The second-order valence-corrected chi connectivity index (χ2v) is 7.19. The normalized spacial score (nSPS) is 26.1. The van der Waals surface area contributed by atoms with E-state index in [4.69, 9.17) is 0 Å². The smallest absolute Gasteiger partial charge is 0.271 e. The minimum atomic E-state index is -0.0636.